The quantitative estimate of drug-likeness (QED) is 0.661. The predicted octanol–water partition coefficient (Wildman–Crippen LogP) is 3.14. The van der Waals surface area contributed by atoms with E-state index in [1.54, 1.807) is 0 Å². The van der Waals surface area contributed by atoms with Crippen molar-refractivity contribution in [3.63, 3.8) is 0 Å². The molecule has 0 unspecified atom stereocenters. The molecule has 8 heteroatoms. The van der Waals surface area contributed by atoms with Gasteiger partial charge in [0, 0.05) is 31.6 Å². The number of amides is 1. The fourth-order valence-corrected chi connectivity index (χ4v) is 4.78. The maximum Gasteiger partial charge on any atom is 0.266 e. The molecule has 29 heavy (non-hydrogen) atoms. The molecule has 5 rings (SSSR count). The van der Waals surface area contributed by atoms with Crippen molar-refractivity contribution in [2.45, 2.75) is 19.9 Å². The number of carbonyl (C=O) groups is 1. The highest BCUT2D eigenvalue weighted by atomic mass is 32.1. The molecule has 0 saturated carbocycles. The number of ether oxygens (including phenoxy) is 1. The van der Waals surface area contributed by atoms with Gasteiger partial charge in [0.25, 0.3) is 5.91 Å². The van der Waals surface area contributed by atoms with Gasteiger partial charge in [-0.2, -0.15) is 0 Å². The monoisotopic (exact) mass is 410 g/mol. The molecule has 2 aromatic heterocycles. The van der Waals surface area contributed by atoms with Crippen LogP contribution in [-0.4, -0.2) is 53.6 Å². The van der Waals surface area contributed by atoms with E-state index in [4.69, 9.17) is 9.15 Å². The number of carbonyl (C=O) groups excluding carboxylic acids is 1. The molecule has 2 aliphatic heterocycles. The molecule has 0 bridgehead atoms. The van der Waals surface area contributed by atoms with Crippen LogP contribution in [0.4, 0.5) is 5.13 Å². The van der Waals surface area contributed by atoms with Crippen LogP contribution >= 0.6 is 11.3 Å². The van der Waals surface area contributed by atoms with E-state index < -0.39 is 0 Å². The second-order valence-corrected chi connectivity index (χ2v) is 8.22. The molecule has 3 aromatic rings. The van der Waals surface area contributed by atoms with Gasteiger partial charge < -0.3 is 19.0 Å². The Morgan fingerprint density at radius 3 is 2.69 bits per heavy atom. The number of fused-ring (bicyclic) bond motifs is 1. The number of thiazole rings is 1. The van der Waals surface area contributed by atoms with Gasteiger partial charge in [0.05, 0.1) is 25.5 Å². The van der Waals surface area contributed by atoms with E-state index in [-0.39, 0.29) is 5.91 Å². The lowest BCUT2D eigenvalue weighted by atomic mass is 10.1. The normalized spacial score (nSPS) is 16.7. The van der Waals surface area contributed by atoms with Gasteiger partial charge in [0.1, 0.15) is 16.3 Å². The van der Waals surface area contributed by atoms with Crippen LogP contribution in [0.3, 0.4) is 0 Å². The van der Waals surface area contributed by atoms with Gasteiger partial charge in [-0.05, 0) is 19.1 Å². The Hall–Kier alpha value is -2.71. The number of benzene rings is 1. The zero-order chi connectivity index (χ0) is 19.8. The van der Waals surface area contributed by atoms with Crippen LogP contribution < -0.4 is 4.90 Å². The maximum absolute atomic E-state index is 13.2. The molecule has 0 radical (unpaired) electrons. The van der Waals surface area contributed by atoms with Gasteiger partial charge in [-0.1, -0.05) is 29.5 Å². The van der Waals surface area contributed by atoms with E-state index in [0.717, 1.165) is 40.9 Å². The Morgan fingerprint density at radius 1 is 1.10 bits per heavy atom. The minimum Gasteiger partial charge on any atom is -0.441 e. The second-order valence-electron chi connectivity index (χ2n) is 7.24. The summed E-state index contributed by atoms with van der Waals surface area (Å²) in [4.78, 5) is 27.2. The number of rotatable bonds is 3. The lowest BCUT2D eigenvalue weighted by Crippen LogP contribution is -2.36. The highest BCUT2D eigenvalue weighted by Crippen LogP contribution is 2.31. The highest BCUT2D eigenvalue weighted by molar-refractivity contribution is 7.17. The first-order valence-corrected chi connectivity index (χ1v) is 10.6. The Morgan fingerprint density at radius 2 is 1.90 bits per heavy atom. The zero-order valence-corrected chi connectivity index (χ0v) is 17.1. The van der Waals surface area contributed by atoms with Gasteiger partial charge >= 0.3 is 0 Å². The average molecular weight is 410 g/mol. The van der Waals surface area contributed by atoms with Crippen LogP contribution in [0, 0.1) is 6.92 Å². The summed E-state index contributed by atoms with van der Waals surface area (Å²) in [5, 5.41) is 0.902. The van der Waals surface area contributed by atoms with E-state index >= 15 is 0 Å². The zero-order valence-electron chi connectivity index (χ0n) is 16.3. The van der Waals surface area contributed by atoms with Crippen molar-refractivity contribution in [2.24, 2.45) is 0 Å². The lowest BCUT2D eigenvalue weighted by Gasteiger charge is -2.26. The van der Waals surface area contributed by atoms with E-state index in [9.17, 15) is 4.79 Å². The standard InChI is InChI=1S/C21H22N4O3S/c1-14-18(29-21(22-14)24-9-11-27-12-10-24)20(26)25-8-7-17-16(13-25)23-19(28-17)15-5-3-2-4-6-15/h2-6H,7-13H2,1H3. The van der Waals surface area contributed by atoms with Gasteiger partial charge in [0.15, 0.2) is 5.13 Å². The van der Waals surface area contributed by atoms with Crippen LogP contribution in [0.25, 0.3) is 11.5 Å². The molecule has 0 N–H and O–H groups in total. The third kappa shape index (κ3) is 3.54. The van der Waals surface area contributed by atoms with E-state index in [1.165, 1.54) is 11.3 Å². The summed E-state index contributed by atoms with van der Waals surface area (Å²) in [7, 11) is 0. The molecule has 0 atom stereocenters. The molecule has 2 aliphatic rings. The fraction of sp³-hybridized carbons (Fsp3) is 0.381. The number of oxazole rings is 1. The van der Waals surface area contributed by atoms with Crippen LogP contribution in [0.2, 0.25) is 0 Å². The van der Waals surface area contributed by atoms with E-state index in [0.29, 0.717) is 43.5 Å². The number of hydrogen-bond donors (Lipinski definition) is 0. The summed E-state index contributed by atoms with van der Waals surface area (Å²) >= 11 is 1.48. The molecule has 4 heterocycles. The first-order chi connectivity index (χ1) is 14.2. The number of nitrogens with zero attached hydrogens (tertiary/aromatic N) is 4. The number of morpholine rings is 1. The number of aromatic nitrogens is 2. The molecule has 0 aliphatic carbocycles. The Bertz CT molecular complexity index is 1020. The summed E-state index contributed by atoms with van der Waals surface area (Å²) in [6, 6.07) is 9.86. The fourth-order valence-electron chi connectivity index (χ4n) is 3.69. The third-order valence-electron chi connectivity index (χ3n) is 5.30. The van der Waals surface area contributed by atoms with Gasteiger partial charge in [0.2, 0.25) is 5.89 Å². The predicted molar refractivity (Wildman–Crippen MR) is 110 cm³/mol. The van der Waals surface area contributed by atoms with Crippen LogP contribution in [0.15, 0.2) is 34.7 Å². The molecule has 7 nitrogen and oxygen atoms in total. The molecule has 1 fully saturated rings. The van der Waals surface area contributed by atoms with Crippen molar-refractivity contribution in [2.75, 3.05) is 37.7 Å². The molecule has 150 valence electrons. The van der Waals surface area contributed by atoms with Crippen molar-refractivity contribution < 1.29 is 13.9 Å². The van der Waals surface area contributed by atoms with Crippen LogP contribution in [0.1, 0.15) is 26.8 Å². The minimum absolute atomic E-state index is 0.0226. The van der Waals surface area contributed by atoms with Crippen molar-refractivity contribution in [1.29, 1.82) is 0 Å². The molecular formula is C21H22N4O3S. The Labute approximate surface area is 172 Å². The highest BCUT2D eigenvalue weighted by Gasteiger charge is 2.29. The first-order valence-electron chi connectivity index (χ1n) is 9.82. The van der Waals surface area contributed by atoms with Crippen molar-refractivity contribution in [3.8, 4) is 11.5 Å². The smallest absolute Gasteiger partial charge is 0.266 e. The van der Waals surface area contributed by atoms with Crippen molar-refractivity contribution in [3.05, 3.63) is 52.4 Å². The number of aryl methyl sites for hydroxylation is 1. The Balaban J connectivity index is 1.34. The number of anilines is 1. The first kappa shape index (κ1) is 18.3. The summed E-state index contributed by atoms with van der Waals surface area (Å²) in [6.07, 6.45) is 0.676. The largest absolute Gasteiger partial charge is 0.441 e. The summed E-state index contributed by atoms with van der Waals surface area (Å²) in [6.45, 7) is 6.03. The van der Waals surface area contributed by atoms with Gasteiger partial charge in [-0.15, -0.1) is 0 Å². The molecule has 1 aromatic carbocycles. The Kier molecular flexibility index (Phi) is 4.81. The average Bonchev–Trinajstić information content (AvgIpc) is 3.37. The molecule has 1 amide bonds. The van der Waals surface area contributed by atoms with Crippen LogP contribution in [-0.2, 0) is 17.7 Å². The molecular weight excluding hydrogens is 388 g/mol. The summed E-state index contributed by atoms with van der Waals surface area (Å²) < 4.78 is 11.4. The lowest BCUT2D eigenvalue weighted by molar-refractivity contribution is 0.0732. The van der Waals surface area contributed by atoms with Crippen molar-refractivity contribution in [1.82, 2.24) is 14.9 Å². The minimum atomic E-state index is 0.0226. The maximum atomic E-state index is 13.2. The van der Waals surface area contributed by atoms with Gasteiger partial charge in [-0.3, -0.25) is 4.79 Å². The summed E-state index contributed by atoms with van der Waals surface area (Å²) in [5.74, 6) is 1.52. The molecule has 1 saturated heterocycles. The topological polar surface area (TPSA) is 71.7 Å². The van der Waals surface area contributed by atoms with E-state index in [2.05, 4.69) is 14.9 Å². The summed E-state index contributed by atoms with van der Waals surface area (Å²) in [5.41, 5.74) is 2.59. The van der Waals surface area contributed by atoms with Crippen molar-refractivity contribution >= 4 is 22.4 Å². The van der Waals surface area contributed by atoms with E-state index in [1.807, 2.05) is 42.2 Å². The third-order valence-corrected chi connectivity index (χ3v) is 6.50. The SMILES string of the molecule is Cc1nc(N2CCOCC2)sc1C(=O)N1CCc2oc(-c3ccccc3)nc2C1. The second kappa shape index (κ2) is 7.61. The van der Waals surface area contributed by atoms with Gasteiger partial charge in [-0.25, -0.2) is 9.97 Å². The molecule has 0 spiro atoms. The number of hydrogen-bond acceptors (Lipinski definition) is 7. The van der Waals surface area contributed by atoms with Crippen LogP contribution in [0.5, 0.6) is 0 Å².